The molecule has 1 aromatic heterocycles. The summed E-state index contributed by atoms with van der Waals surface area (Å²) in [5.74, 6) is 0.972. The van der Waals surface area contributed by atoms with Gasteiger partial charge in [0.15, 0.2) is 14.9 Å². The molecule has 1 aliphatic rings. The molecule has 0 spiro atoms. The van der Waals surface area contributed by atoms with E-state index in [1.54, 1.807) is 12.1 Å². The smallest absolute Gasteiger partial charge is 0.192 e. The van der Waals surface area contributed by atoms with Crippen molar-refractivity contribution in [1.82, 2.24) is 9.88 Å². The molecule has 0 N–H and O–H groups in total. The lowest BCUT2D eigenvalue weighted by molar-refractivity contribution is 0.234. The molecule has 2 aromatic rings. The minimum Gasteiger partial charge on any atom is -0.492 e. The first-order valence-corrected chi connectivity index (χ1v) is 11.7. The minimum absolute atomic E-state index is 0.0473. The Morgan fingerprint density at radius 3 is 2.79 bits per heavy atom. The molecule has 1 saturated heterocycles. The molecule has 2 heterocycles. The van der Waals surface area contributed by atoms with E-state index in [1.807, 2.05) is 12.1 Å². The van der Waals surface area contributed by atoms with Gasteiger partial charge >= 0.3 is 0 Å². The zero-order chi connectivity index (χ0) is 21.0. The number of nitrogens with zero attached hydrogens (tertiary/aromatic N) is 3. The normalized spacial score (nSPS) is 19.8. The van der Waals surface area contributed by atoms with E-state index in [9.17, 15) is 8.42 Å². The molecule has 8 heteroatoms. The van der Waals surface area contributed by atoms with Crippen LogP contribution in [0, 0.1) is 17.2 Å². The third-order valence-electron chi connectivity index (χ3n) is 5.14. The summed E-state index contributed by atoms with van der Waals surface area (Å²) in [6, 6.07) is 11.2. The molecule has 0 amide bonds. The van der Waals surface area contributed by atoms with Crippen LogP contribution in [0.5, 0.6) is 5.75 Å². The highest BCUT2D eigenvalue weighted by molar-refractivity contribution is 7.90. The Morgan fingerprint density at radius 1 is 1.34 bits per heavy atom. The molecule has 6 nitrogen and oxygen atoms in total. The number of hydrogen-bond donors (Lipinski definition) is 0. The number of halogens is 1. The van der Waals surface area contributed by atoms with E-state index in [4.69, 9.17) is 21.6 Å². The third kappa shape index (κ3) is 5.92. The highest BCUT2D eigenvalue weighted by Gasteiger charge is 2.29. The molecule has 2 atom stereocenters. The van der Waals surface area contributed by atoms with Gasteiger partial charge in [-0.05, 0) is 55.7 Å². The Kier molecular flexibility index (Phi) is 6.78. The Bertz CT molecular complexity index is 1000. The van der Waals surface area contributed by atoms with Crippen LogP contribution in [0.15, 0.2) is 41.6 Å². The number of rotatable bonds is 7. The summed E-state index contributed by atoms with van der Waals surface area (Å²) in [7, 11) is -3.30. The van der Waals surface area contributed by atoms with Crippen LogP contribution in [0.4, 0.5) is 0 Å². The standard InChI is InChI=1S/C21H24ClN3O3S/c1-15-7-18(14-28-20-3-4-21(24-12-20)29(2,26)27)13-25(15)6-5-16-8-17(11-23)10-19(22)9-16/h3-4,8-10,12,15,18H,5-7,13-14H2,1-2H3/t15-,18+/m1/s1. The van der Waals surface area contributed by atoms with E-state index in [1.165, 1.54) is 12.3 Å². The van der Waals surface area contributed by atoms with Crippen molar-refractivity contribution in [3.05, 3.63) is 52.7 Å². The first-order valence-electron chi connectivity index (χ1n) is 9.47. The van der Waals surface area contributed by atoms with E-state index in [2.05, 4.69) is 22.9 Å². The summed E-state index contributed by atoms with van der Waals surface area (Å²) in [5, 5.41) is 9.72. The maximum absolute atomic E-state index is 11.5. The van der Waals surface area contributed by atoms with Crippen LogP contribution >= 0.6 is 11.6 Å². The first-order chi connectivity index (χ1) is 13.7. The van der Waals surface area contributed by atoms with Crippen molar-refractivity contribution < 1.29 is 13.2 Å². The number of pyridine rings is 1. The summed E-state index contributed by atoms with van der Waals surface area (Å²) in [6.07, 6.45) is 4.46. The van der Waals surface area contributed by atoms with Crippen molar-refractivity contribution in [3.8, 4) is 11.8 Å². The van der Waals surface area contributed by atoms with E-state index in [0.717, 1.165) is 37.8 Å². The number of hydrogen-bond acceptors (Lipinski definition) is 6. The van der Waals surface area contributed by atoms with E-state index < -0.39 is 9.84 Å². The lowest BCUT2D eigenvalue weighted by Crippen LogP contribution is -2.29. The molecular formula is C21H24ClN3O3S. The van der Waals surface area contributed by atoms with Gasteiger partial charge in [0.2, 0.25) is 0 Å². The van der Waals surface area contributed by atoms with Gasteiger partial charge in [0.1, 0.15) is 5.75 Å². The number of ether oxygens (including phenoxy) is 1. The molecule has 0 saturated carbocycles. The number of sulfone groups is 1. The predicted molar refractivity (Wildman–Crippen MR) is 112 cm³/mol. The highest BCUT2D eigenvalue weighted by Crippen LogP contribution is 2.25. The number of likely N-dealkylation sites (tertiary alicyclic amines) is 1. The Balaban J connectivity index is 1.51. The second-order valence-electron chi connectivity index (χ2n) is 7.57. The van der Waals surface area contributed by atoms with Crippen molar-refractivity contribution in [2.75, 3.05) is 26.0 Å². The van der Waals surface area contributed by atoms with Gasteiger partial charge in [0, 0.05) is 36.3 Å². The summed E-state index contributed by atoms with van der Waals surface area (Å²) in [5.41, 5.74) is 1.65. The lowest BCUT2D eigenvalue weighted by Gasteiger charge is -2.21. The van der Waals surface area contributed by atoms with E-state index >= 15 is 0 Å². The summed E-state index contributed by atoms with van der Waals surface area (Å²) in [4.78, 5) is 6.37. The second-order valence-corrected chi connectivity index (χ2v) is 9.97. The largest absolute Gasteiger partial charge is 0.492 e. The summed E-state index contributed by atoms with van der Waals surface area (Å²) in [6.45, 7) is 4.60. The first kappa shape index (κ1) is 21.6. The molecule has 29 heavy (non-hydrogen) atoms. The Hall–Kier alpha value is -2.14. The second kappa shape index (κ2) is 9.12. The molecule has 1 aliphatic heterocycles. The van der Waals surface area contributed by atoms with Crippen LogP contribution in [-0.2, 0) is 16.3 Å². The predicted octanol–water partition coefficient (Wildman–Crippen LogP) is 3.34. The van der Waals surface area contributed by atoms with Gasteiger partial charge in [-0.3, -0.25) is 4.90 Å². The van der Waals surface area contributed by atoms with Gasteiger partial charge in [-0.1, -0.05) is 11.6 Å². The van der Waals surface area contributed by atoms with Crippen molar-refractivity contribution in [3.63, 3.8) is 0 Å². The molecule has 0 bridgehead atoms. The van der Waals surface area contributed by atoms with Gasteiger partial charge in [0.05, 0.1) is 24.4 Å². The van der Waals surface area contributed by atoms with E-state index in [-0.39, 0.29) is 5.03 Å². The average Bonchev–Trinajstić information content (AvgIpc) is 3.03. The van der Waals surface area contributed by atoms with Crippen LogP contribution < -0.4 is 4.74 Å². The van der Waals surface area contributed by atoms with Crippen LogP contribution in [0.25, 0.3) is 0 Å². The van der Waals surface area contributed by atoms with Crippen molar-refractivity contribution in [1.29, 1.82) is 5.26 Å². The monoisotopic (exact) mass is 433 g/mol. The van der Waals surface area contributed by atoms with Gasteiger partial charge < -0.3 is 4.74 Å². The van der Waals surface area contributed by atoms with Gasteiger partial charge in [-0.15, -0.1) is 0 Å². The summed E-state index contributed by atoms with van der Waals surface area (Å²) >= 11 is 6.09. The molecule has 1 fully saturated rings. The lowest BCUT2D eigenvalue weighted by atomic mass is 10.1. The van der Waals surface area contributed by atoms with Crippen molar-refractivity contribution >= 4 is 21.4 Å². The molecule has 1 aromatic carbocycles. The van der Waals surface area contributed by atoms with Crippen LogP contribution in [0.2, 0.25) is 5.02 Å². The number of aromatic nitrogens is 1. The average molecular weight is 434 g/mol. The molecule has 0 unspecified atom stereocenters. The molecule has 0 aliphatic carbocycles. The Labute approximate surface area is 177 Å². The van der Waals surface area contributed by atoms with Crippen LogP contribution in [-0.4, -0.2) is 50.3 Å². The quantitative estimate of drug-likeness (QED) is 0.665. The van der Waals surface area contributed by atoms with Crippen LogP contribution in [0.1, 0.15) is 24.5 Å². The SMILES string of the molecule is C[C@@H]1C[C@H](COc2ccc(S(C)(=O)=O)nc2)CN1CCc1cc(Cl)cc(C#N)c1. The minimum atomic E-state index is -3.30. The summed E-state index contributed by atoms with van der Waals surface area (Å²) < 4.78 is 28.8. The third-order valence-corrected chi connectivity index (χ3v) is 6.36. The maximum Gasteiger partial charge on any atom is 0.192 e. The molecular weight excluding hydrogens is 410 g/mol. The fourth-order valence-corrected chi connectivity index (χ4v) is 4.48. The molecule has 154 valence electrons. The van der Waals surface area contributed by atoms with Crippen molar-refractivity contribution in [2.24, 2.45) is 5.92 Å². The maximum atomic E-state index is 11.5. The fraction of sp³-hybridized carbons (Fsp3) is 0.429. The fourth-order valence-electron chi connectivity index (χ4n) is 3.67. The van der Waals surface area contributed by atoms with Crippen molar-refractivity contribution in [2.45, 2.75) is 30.8 Å². The number of benzene rings is 1. The van der Waals surface area contributed by atoms with Gasteiger partial charge in [-0.2, -0.15) is 5.26 Å². The zero-order valence-corrected chi connectivity index (χ0v) is 18.1. The van der Waals surface area contributed by atoms with E-state index in [0.29, 0.717) is 34.9 Å². The topological polar surface area (TPSA) is 83.3 Å². The number of nitriles is 1. The van der Waals surface area contributed by atoms with Gasteiger partial charge in [-0.25, -0.2) is 13.4 Å². The highest BCUT2D eigenvalue weighted by atomic mass is 35.5. The molecule has 3 rings (SSSR count). The van der Waals surface area contributed by atoms with Gasteiger partial charge in [0.25, 0.3) is 0 Å². The zero-order valence-electron chi connectivity index (χ0n) is 16.5. The van der Waals surface area contributed by atoms with Crippen LogP contribution in [0.3, 0.4) is 0 Å². The Morgan fingerprint density at radius 2 is 2.14 bits per heavy atom. The molecule has 0 radical (unpaired) electrons.